The molecule has 1 aromatic rings. The zero-order valence-corrected chi connectivity index (χ0v) is 10.9. The Balaban J connectivity index is 2.49. The number of rotatable bonds is 6. The van der Waals surface area contributed by atoms with Crippen molar-refractivity contribution in [1.82, 2.24) is 0 Å². The minimum absolute atomic E-state index is 0.552. The summed E-state index contributed by atoms with van der Waals surface area (Å²) in [5.41, 5.74) is 2.81. The molecule has 0 amide bonds. The largest absolute Gasteiger partial charge is 0.185 e. The maximum atomic E-state index is 8.46. The molecule has 0 heterocycles. The van der Waals surface area contributed by atoms with Gasteiger partial charge in [-0.05, 0) is 41.6 Å². The zero-order chi connectivity index (χ0) is 11.8. The van der Waals surface area contributed by atoms with Gasteiger partial charge in [0.1, 0.15) is 5.40 Å². The normalized spacial score (nSPS) is 12.1. The molecule has 0 aromatic heterocycles. The quantitative estimate of drug-likeness (QED) is 0.539. The number of benzene rings is 1. The molecule has 0 bridgehead atoms. The van der Waals surface area contributed by atoms with Crippen LogP contribution >= 0.6 is 11.8 Å². The molecule has 0 N–H and O–H groups in total. The molecule has 0 aliphatic heterocycles. The summed E-state index contributed by atoms with van der Waals surface area (Å²) in [6, 6.07) is 8.92. The van der Waals surface area contributed by atoms with Crippen molar-refractivity contribution in [3.8, 4) is 5.40 Å². The molecular weight excluding hydrogens is 214 g/mol. The molecule has 86 valence electrons. The second-order valence-electron chi connectivity index (χ2n) is 4.12. The average molecular weight is 233 g/mol. The molecule has 1 rings (SSSR count). The molecule has 1 aromatic carbocycles. The highest BCUT2D eigenvalue weighted by molar-refractivity contribution is 8.03. The molecule has 0 radical (unpaired) electrons. The molecule has 2 heteroatoms. The standard InChI is InChI=1S/C14H19NS/c1-3-4-13-5-7-14(8-6-13)12(2)9-10-16-11-15/h5-8,12H,3-4,9-10H2,1-2H3. The highest BCUT2D eigenvalue weighted by atomic mass is 32.2. The van der Waals surface area contributed by atoms with Crippen LogP contribution in [0.2, 0.25) is 0 Å². The van der Waals surface area contributed by atoms with Gasteiger partial charge >= 0.3 is 0 Å². The van der Waals surface area contributed by atoms with Crippen molar-refractivity contribution in [3.63, 3.8) is 0 Å². The predicted octanol–water partition coefficient (Wildman–Crippen LogP) is 4.35. The first-order valence-corrected chi connectivity index (χ1v) is 6.86. The summed E-state index contributed by atoms with van der Waals surface area (Å²) in [4.78, 5) is 0. The molecule has 1 unspecified atom stereocenters. The molecule has 0 spiro atoms. The summed E-state index contributed by atoms with van der Waals surface area (Å²) in [7, 11) is 0. The van der Waals surface area contributed by atoms with E-state index in [2.05, 4.69) is 43.5 Å². The van der Waals surface area contributed by atoms with Crippen molar-refractivity contribution in [1.29, 1.82) is 5.26 Å². The van der Waals surface area contributed by atoms with Gasteiger partial charge in [0.15, 0.2) is 0 Å². The van der Waals surface area contributed by atoms with Gasteiger partial charge in [0.25, 0.3) is 0 Å². The molecule has 0 aliphatic rings. The van der Waals surface area contributed by atoms with E-state index in [1.54, 1.807) is 0 Å². The van der Waals surface area contributed by atoms with Gasteiger partial charge in [-0.15, -0.1) is 0 Å². The van der Waals surface area contributed by atoms with Crippen LogP contribution in [0.25, 0.3) is 0 Å². The van der Waals surface area contributed by atoms with E-state index in [4.69, 9.17) is 5.26 Å². The molecule has 16 heavy (non-hydrogen) atoms. The van der Waals surface area contributed by atoms with Gasteiger partial charge in [-0.2, -0.15) is 5.26 Å². The third kappa shape index (κ3) is 4.28. The topological polar surface area (TPSA) is 23.8 Å². The Bertz CT molecular complexity index is 337. The van der Waals surface area contributed by atoms with Crippen molar-refractivity contribution in [2.75, 3.05) is 5.75 Å². The van der Waals surface area contributed by atoms with E-state index in [9.17, 15) is 0 Å². The van der Waals surface area contributed by atoms with Crippen LogP contribution in [0.1, 0.15) is 43.7 Å². The summed E-state index contributed by atoms with van der Waals surface area (Å²) >= 11 is 1.35. The minimum Gasteiger partial charge on any atom is -0.185 e. The first-order chi connectivity index (χ1) is 7.77. The van der Waals surface area contributed by atoms with E-state index in [1.165, 1.54) is 35.7 Å². The van der Waals surface area contributed by atoms with Gasteiger partial charge < -0.3 is 0 Å². The molecule has 1 nitrogen and oxygen atoms in total. The summed E-state index contributed by atoms with van der Waals surface area (Å²) < 4.78 is 0. The van der Waals surface area contributed by atoms with E-state index in [-0.39, 0.29) is 0 Å². The summed E-state index contributed by atoms with van der Waals surface area (Å²) in [5, 5.41) is 10.6. The lowest BCUT2D eigenvalue weighted by Gasteiger charge is -2.11. The highest BCUT2D eigenvalue weighted by Crippen LogP contribution is 2.21. The Morgan fingerprint density at radius 3 is 2.56 bits per heavy atom. The van der Waals surface area contributed by atoms with E-state index in [0.29, 0.717) is 5.92 Å². The van der Waals surface area contributed by atoms with Crippen molar-refractivity contribution in [2.45, 2.75) is 39.0 Å². The van der Waals surface area contributed by atoms with Crippen molar-refractivity contribution in [3.05, 3.63) is 35.4 Å². The van der Waals surface area contributed by atoms with Gasteiger partial charge in [0, 0.05) is 5.75 Å². The monoisotopic (exact) mass is 233 g/mol. The first kappa shape index (κ1) is 13.1. The fraction of sp³-hybridized carbons (Fsp3) is 0.500. The van der Waals surface area contributed by atoms with Crippen molar-refractivity contribution in [2.24, 2.45) is 0 Å². The van der Waals surface area contributed by atoms with E-state index >= 15 is 0 Å². The lowest BCUT2D eigenvalue weighted by atomic mass is 9.97. The minimum atomic E-state index is 0.552. The fourth-order valence-corrected chi connectivity index (χ4v) is 2.31. The summed E-state index contributed by atoms with van der Waals surface area (Å²) in [6.07, 6.45) is 3.44. The third-order valence-corrected chi connectivity index (χ3v) is 3.37. The number of aryl methyl sites for hydroxylation is 1. The number of hydrogen-bond donors (Lipinski definition) is 0. The second-order valence-corrected chi connectivity index (χ2v) is 5.00. The summed E-state index contributed by atoms with van der Waals surface area (Å²) in [6.45, 7) is 4.43. The maximum Gasteiger partial charge on any atom is 0.133 e. The number of hydrogen-bond acceptors (Lipinski definition) is 2. The molecule has 1 atom stereocenters. The molecule has 0 saturated heterocycles. The van der Waals surface area contributed by atoms with Gasteiger partial charge in [-0.1, -0.05) is 44.5 Å². The fourth-order valence-electron chi connectivity index (χ4n) is 1.75. The van der Waals surface area contributed by atoms with Crippen LogP contribution in [0.4, 0.5) is 0 Å². The number of nitriles is 1. The van der Waals surface area contributed by atoms with Crippen LogP contribution in [0.5, 0.6) is 0 Å². The van der Waals surface area contributed by atoms with Gasteiger partial charge in [-0.25, -0.2) is 0 Å². The Morgan fingerprint density at radius 1 is 1.31 bits per heavy atom. The molecular formula is C14H19NS. The number of thioether (sulfide) groups is 1. The van der Waals surface area contributed by atoms with Crippen LogP contribution in [-0.4, -0.2) is 5.75 Å². The van der Waals surface area contributed by atoms with E-state index in [1.807, 2.05) is 0 Å². The average Bonchev–Trinajstić information content (AvgIpc) is 2.30. The molecule has 0 saturated carbocycles. The second kappa shape index (κ2) is 7.35. The van der Waals surface area contributed by atoms with Crippen LogP contribution < -0.4 is 0 Å². The van der Waals surface area contributed by atoms with Crippen molar-refractivity contribution >= 4 is 11.8 Å². The van der Waals surface area contributed by atoms with Crippen LogP contribution in [-0.2, 0) is 6.42 Å². The van der Waals surface area contributed by atoms with E-state index < -0.39 is 0 Å². The van der Waals surface area contributed by atoms with Crippen molar-refractivity contribution < 1.29 is 0 Å². The Kier molecular flexibility index (Phi) is 6.03. The Labute approximate surface area is 103 Å². The zero-order valence-electron chi connectivity index (χ0n) is 10.1. The maximum absolute atomic E-state index is 8.46. The van der Waals surface area contributed by atoms with Gasteiger partial charge in [-0.3, -0.25) is 0 Å². The lowest BCUT2D eigenvalue weighted by Crippen LogP contribution is -1.95. The molecule has 0 aliphatic carbocycles. The third-order valence-electron chi connectivity index (χ3n) is 2.80. The Morgan fingerprint density at radius 2 is 2.00 bits per heavy atom. The smallest absolute Gasteiger partial charge is 0.133 e. The highest BCUT2D eigenvalue weighted by Gasteiger charge is 2.05. The summed E-state index contributed by atoms with van der Waals surface area (Å²) in [5.74, 6) is 1.48. The number of thiocyanates is 1. The Hall–Kier alpha value is -0.940. The SMILES string of the molecule is CCCc1ccc(C(C)CCSC#N)cc1. The number of nitrogens with zero attached hydrogens (tertiary/aromatic N) is 1. The molecule has 0 fully saturated rings. The van der Waals surface area contributed by atoms with Crippen LogP contribution in [0, 0.1) is 10.7 Å². The van der Waals surface area contributed by atoms with Crippen LogP contribution in [0.3, 0.4) is 0 Å². The first-order valence-electron chi connectivity index (χ1n) is 5.87. The van der Waals surface area contributed by atoms with Gasteiger partial charge in [0.05, 0.1) is 0 Å². The lowest BCUT2D eigenvalue weighted by molar-refractivity contribution is 0.740. The predicted molar refractivity (Wildman–Crippen MR) is 71.5 cm³/mol. The van der Waals surface area contributed by atoms with Gasteiger partial charge in [0.2, 0.25) is 0 Å². The van der Waals surface area contributed by atoms with Crippen LogP contribution in [0.15, 0.2) is 24.3 Å². The van der Waals surface area contributed by atoms with E-state index in [0.717, 1.165) is 12.2 Å².